The van der Waals surface area contributed by atoms with Crippen LogP contribution in [0.1, 0.15) is 36.6 Å². The zero-order valence-electron chi connectivity index (χ0n) is 30.6. The summed E-state index contributed by atoms with van der Waals surface area (Å²) in [5, 5.41) is 1.40. The molecule has 1 aliphatic heterocycles. The standard InChI is InChI=1S/C43H38N2O9/c1-43(2)41(53-35(47)22-16-26-13-19-29(50-5)20-14-26)40(52-34(46)21-15-25-11-17-28(49-4)18-12-25)37-33(54-43)24-32(51-6)36-38(37)45(3)42-30(39(36)48)23-27-9-7-8-10-31(27)44-42/h7-24,40-41H,1-6H3/b21-15+,22-16+/t40-,41-/m1/s1. The molecule has 3 heterocycles. The lowest BCUT2D eigenvalue weighted by molar-refractivity contribution is -0.184. The molecular formula is C43H38N2O9. The Labute approximate surface area is 310 Å². The van der Waals surface area contributed by atoms with E-state index in [1.54, 1.807) is 112 Å². The number of hydrogen-bond acceptors (Lipinski definition) is 10. The SMILES string of the molecule is COc1ccc(/C=C/C(=O)O[C@@H]2c3c(cc(OC)c4c(=O)c5cc6ccccc6nc5n(C)c34)OC(C)(C)[C@@H]2OC(=O)/C=C/c2ccc(OC)cc2)cc1. The molecule has 11 nitrogen and oxygen atoms in total. The van der Waals surface area contributed by atoms with E-state index in [0.717, 1.165) is 16.5 Å². The molecule has 4 aromatic carbocycles. The van der Waals surface area contributed by atoms with Crippen LogP contribution < -0.4 is 24.4 Å². The van der Waals surface area contributed by atoms with Gasteiger partial charge in [-0.1, -0.05) is 42.5 Å². The summed E-state index contributed by atoms with van der Waals surface area (Å²) in [7, 11) is 6.39. The number of hydrogen-bond donors (Lipinski definition) is 0. The average Bonchev–Trinajstić information content (AvgIpc) is 3.18. The number of nitrogens with zero attached hydrogens (tertiary/aromatic N) is 2. The van der Waals surface area contributed by atoms with E-state index in [0.29, 0.717) is 39.1 Å². The number of carbonyl (C=O) groups is 2. The fourth-order valence-electron chi connectivity index (χ4n) is 6.76. The van der Waals surface area contributed by atoms with E-state index in [2.05, 4.69) is 0 Å². The number of pyridine rings is 2. The summed E-state index contributed by atoms with van der Waals surface area (Å²) >= 11 is 0. The lowest BCUT2D eigenvalue weighted by Crippen LogP contribution is -2.52. The lowest BCUT2D eigenvalue weighted by Gasteiger charge is -2.43. The number of rotatable bonds is 9. The van der Waals surface area contributed by atoms with Crippen molar-refractivity contribution in [3.63, 3.8) is 0 Å². The average molecular weight is 727 g/mol. The molecule has 0 amide bonds. The monoisotopic (exact) mass is 726 g/mol. The first-order valence-electron chi connectivity index (χ1n) is 17.2. The maximum atomic E-state index is 14.4. The Morgan fingerprint density at radius 1 is 0.796 bits per heavy atom. The molecule has 6 aromatic rings. The number of benzene rings is 4. The third-order valence-electron chi connectivity index (χ3n) is 9.47. The highest BCUT2D eigenvalue weighted by Crippen LogP contribution is 2.49. The Balaban J connectivity index is 1.38. The minimum absolute atomic E-state index is 0.228. The Morgan fingerprint density at radius 2 is 1.39 bits per heavy atom. The Morgan fingerprint density at radius 3 is 1.98 bits per heavy atom. The van der Waals surface area contributed by atoms with Gasteiger partial charge in [0.15, 0.2) is 12.2 Å². The van der Waals surface area contributed by atoms with Crippen LogP contribution in [0.2, 0.25) is 0 Å². The van der Waals surface area contributed by atoms with E-state index in [-0.39, 0.29) is 22.3 Å². The molecule has 1 aliphatic rings. The zero-order chi connectivity index (χ0) is 38.1. The minimum atomic E-state index is -1.24. The summed E-state index contributed by atoms with van der Waals surface area (Å²) in [6.07, 6.45) is 3.38. The van der Waals surface area contributed by atoms with Crippen LogP contribution in [-0.4, -0.2) is 54.5 Å². The van der Waals surface area contributed by atoms with E-state index >= 15 is 0 Å². The molecule has 0 unspecified atom stereocenters. The molecule has 11 heteroatoms. The number of aryl methyl sites for hydroxylation is 1. The smallest absolute Gasteiger partial charge is 0.331 e. The van der Waals surface area contributed by atoms with Crippen molar-refractivity contribution in [2.45, 2.75) is 31.7 Å². The maximum Gasteiger partial charge on any atom is 0.331 e. The van der Waals surface area contributed by atoms with Gasteiger partial charge in [-0.3, -0.25) is 4.79 Å². The van der Waals surface area contributed by atoms with Crippen LogP contribution in [0.25, 0.3) is 45.0 Å². The van der Waals surface area contributed by atoms with Crippen molar-refractivity contribution in [3.8, 4) is 23.0 Å². The first-order valence-corrected chi connectivity index (χ1v) is 17.2. The van der Waals surface area contributed by atoms with Gasteiger partial charge in [-0.15, -0.1) is 0 Å². The number of carbonyl (C=O) groups excluding carboxylic acids is 2. The normalized spacial score (nSPS) is 16.3. The van der Waals surface area contributed by atoms with Crippen LogP contribution in [0, 0.1) is 0 Å². The van der Waals surface area contributed by atoms with E-state index in [1.807, 2.05) is 24.3 Å². The topological polar surface area (TPSA) is 124 Å². The summed E-state index contributed by atoms with van der Waals surface area (Å²) in [6, 6.07) is 25.2. The van der Waals surface area contributed by atoms with E-state index in [1.165, 1.54) is 19.3 Å². The summed E-state index contributed by atoms with van der Waals surface area (Å²) in [5.74, 6) is 0.485. The lowest BCUT2D eigenvalue weighted by atomic mass is 9.86. The van der Waals surface area contributed by atoms with Crippen LogP contribution >= 0.6 is 0 Å². The highest BCUT2D eigenvalue weighted by Gasteiger charge is 2.50. The van der Waals surface area contributed by atoms with Crippen molar-refractivity contribution in [2.24, 2.45) is 7.05 Å². The van der Waals surface area contributed by atoms with Crippen molar-refractivity contribution < 1.29 is 38.0 Å². The second-order valence-corrected chi connectivity index (χ2v) is 13.3. The third kappa shape index (κ3) is 6.71. The van der Waals surface area contributed by atoms with Gasteiger partial charge in [-0.2, -0.15) is 0 Å². The number of fused-ring (bicyclic) bond motifs is 5. The van der Waals surface area contributed by atoms with E-state index in [9.17, 15) is 14.4 Å². The molecule has 7 rings (SSSR count). The second kappa shape index (κ2) is 14.4. The Kier molecular flexibility index (Phi) is 9.55. The van der Waals surface area contributed by atoms with Gasteiger partial charge in [0.1, 0.15) is 34.2 Å². The molecule has 0 N–H and O–H groups in total. The molecule has 2 atom stereocenters. The first kappa shape index (κ1) is 35.8. The quantitative estimate of drug-likeness (QED) is 0.0848. The minimum Gasteiger partial charge on any atom is -0.497 e. The van der Waals surface area contributed by atoms with Crippen LogP contribution in [-0.2, 0) is 26.1 Å². The summed E-state index contributed by atoms with van der Waals surface area (Å²) < 4.78 is 37.0. The van der Waals surface area contributed by atoms with Gasteiger partial charge < -0.3 is 33.0 Å². The largest absolute Gasteiger partial charge is 0.497 e. The molecular weight excluding hydrogens is 688 g/mol. The molecule has 54 heavy (non-hydrogen) atoms. The molecule has 274 valence electrons. The number of para-hydroxylation sites is 1. The van der Waals surface area contributed by atoms with Gasteiger partial charge in [0.05, 0.1) is 48.7 Å². The van der Waals surface area contributed by atoms with Crippen molar-refractivity contribution in [1.82, 2.24) is 9.55 Å². The molecule has 2 aromatic heterocycles. The van der Waals surface area contributed by atoms with Crippen LogP contribution in [0.15, 0.2) is 102 Å². The Bertz CT molecular complexity index is 2530. The predicted molar refractivity (Wildman–Crippen MR) is 206 cm³/mol. The van der Waals surface area contributed by atoms with Gasteiger partial charge in [-0.05, 0) is 73.5 Å². The van der Waals surface area contributed by atoms with Crippen molar-refractivity contribution in [1.29, 1.82) is 0 Å². The number of esters is 2. The van der Waals surface area contributed by atoms with Gasteiger partial charge in [0.2, 0.25) is 5.43 Å². The molecule has 0 aliphatic carbocycles. The molecule has 0 bridgehead atoms. The second-order valence-electron chi connectivity index (χ2n) is 13.3. The number of aromatic nitrogens is 2. The summed E-state index contributed by atoms with van der Waals surface area (Å²) in [6.45, 7) is 3.47. The fraction of sp³-hybridized carbons (Fsp3) is 0.209. The van der Waals surface area contributed by atoms with Crippen molar-refractivity contribution >= 4 is 56.9 Å². The summed E-state index contributed by atoms with van der Waals surface area (Å²) in [5.41, 5.74) is 1.67. The fourth-order valence-corrected chi connectivity index (χ4v) is 6.76. The summed E-state index contributed by atoms with van der Waals surface area (Å²) in [4.78, 5) is 46.6. The van der Waals surface area contributed by atoms with Gasteiger partial charge in [0.25, 0.3) is 0 Å². The first-order chi connectivity index (χ1) is 26.0. The highest BCUT2D eigenvalue weighted by atomic mass is 16.6. The van der Waals surface area contributed by atoms with Crippen LogP contribution in [0.4, 0.5) is 0 Å². The number of methoxy groups -OCH3 is 3. The molecule has 0 radical (unpaired) electrons. The Hall–Kier alpha value is -6.62. The van der Waals surface area contributed by atoms with E-state index in [4.69, 9.17) is 33.4 Å². The molecule has 0 spiro atoms. The van der Waals surface area contributed by atoms with Gasteiger partial charge in [0, 0.05) is 30.7 Å². The zero-order valence-corrected chi connectivity index (χ0v) is 30.6. The third-order valence-corrected chi connectivity index (χ3v) is 9.47. The number of ether oxygens (including phenoxy) is 6. The van der Waals surface area contributed by atoms with Gasteiger partial charge in [-0.25, -0.2) is 14.6 Å². The van der Waals surface area contributed by atoms with Crippen molar-refractivity contribution in [3.05, 3.63) is 124 Å². The molecule has 0 saturated carbocycles. The van der Waals surface area contributed by atoms with E-state index < -0.39 is 29.7 Å². The van der Waals surface area contributed by atoms with Gasteiger partial charge >= 0.3 is 11.9 Å². The van der Waals surface area contributed by atoms with Crippen molar-refractivity contribution in [2.75, 3.05) is 21.3 Å². The maximum absolute atomic E-state index is 14.4. The van der Waals surface area contributed by atoms with Crippen LogP contribution in [0.5, 0.6) is 23.0 Å². The van der Waals surface area contributed by atoms with Crippen LogP contribution in [0.3, 0.4) is 0 Å². The highest BCUT2D eigenvalue weighted by molar-refractivity contribution is 6.02. The predicted octanol–water partition coefficient (Wildman–Crippen LogP) is 7.36. The molecule has 0 fully saturated rings. The molecule has 0 saturated heterocycles.